The van der Waals surface area contributed by atoms with Gasteiger partial charge >= 0.3 is 11.7 Å². The number of fused-ring (bicyclic) bond motifs is 1. The van der Waals surface area contributed by atoms with Crippen molar-refractivity contribution >= 4 is 17.1 Å². The molecule has 10 heteroatoms. The van der Waals surface area contributed by atoms with Crippen molar-refractivity contribution in [2.24, 2.45) is 5.92 Å². The van der Waals surface area contributed by atoms with E-state index < -0.39 is 35.5 Å². The van der Waals surface area contributed by atoms with Gasteiger partial charge in [0.2, 0.25) is 5.58 Å². The van der Waals surface area contributed by atoms with Crippen LogP contribution in [0, 0.1) is 5.92 Å². The predicted octanol–water partition coefficient (Wildman–Crippen LogP) is 2.96. The monoisotopic (exact) mass is 472 g/mol. The molecule has 0 fully saturated rings. The molecule has 3 atom stereocenters. The Bertz CT molecular complexity index is 1260. The number of pyridine rings is 1. The summed E-state index contributed by atoms with van der Waals surface area (Å²) in [7, 11) is 2.95. The zero-order chi connectivity index (χ0) is 25.0. The number of aromatic nitrogens is 2. The third-order valence-corrected chi connectivity index (χ3v) is 5.38. The minimum absolute atomic E-state index is 0.0848. The van der Waals surface area contributed by atoms with Crippen molar-refractivity contribution in [2.75, 3.05) is 14.2 Å². The average Bonchev–Trinajstić information content (AvgIpc) is 2.82. The van der Waals surface area contributed by atoms with Crippen LogP contribution in [-0.2, 0) is 9.53 Å². The number of esters is 1. The zero-order valence-electron chi connectivity index (χ0n) is 19.9. The molecule has 2 aromatic heterocycles. The van der Waals surface area contributed by atoms with Gasteiger partial charge in [0, 0.05) is 12.3 Å². The SMILES string of the molecule is COc1ccc(O[C@@H](C)C(OC(=O)[C@H](C)n2c(=O)oc3c(OC)ccnc3c2=O)C(C)C)cc1. The van der Waals surface area contributed by atoms with E-state index in [4.69, 9.17) is 23.4 Å². The van der Waals surface area contributed by atoms with Gasteiger partial charge in [0.1, 0.15) is 29.7 Å². The maximum Gasteiger partial charge on any atom is 0.423 e. The van der Waals surface area contributed by atoms with E-state index in [0.717, 1.165) is 0 Å². The summed E-state index contributed by atoms with van der Waals surface area (Å²) in [5, 5.41) is 0. The molecule has 0 aliphatic carbocycles. The molecule has 3 rings (SSSR count). The standard InChI is InChI=1S/C24H28N2O8/c1-13(2)20(15(4)32-17-9-7-16(30-5)8-10-17)33-23(28)14(3)26-22(27)19-21(34-24(26)29)18(31-6)11-12-25-19/h7-15,20H,1-6H3/t14-,15-,20?/m0/s1. The van der Waals surface area contributed by atoms with Gasteiger partial charge in [-0.3, -0.25) is 4.79 Å². The van der Waals surface area contributed by atoms with Gasteiger partial charge in [-0.15, -0.1) is 0 Å². The number of nitrogens with zero attached hydrogens (tertiary/aromatic N) is 2. The fourth-order valence-corrected chi connectivity index (χ4v) is 3.56. The second-order valence-electron chi connectivity index (χ2n) is 8.05. The Morgan fingerprint density at radius 2 is 1.62 bits per heavy atom. The number of carbonyl (C=O) groups is 1. The molecular formula is C24H28N2O8. The number of hydrogen-bond donors (Lipinski definition) is 0. The van der Waals surface area contributed by atoms with Crippen LogP contribution in [0.2, 0.25) is 0 Å². The molecule has 0 radical (unpaired) electrons. The lowest BCUT2D eigenvalue weighted by atomic mass is 10.0. The number of benzene rings is 1. The first-order chi connectivity index (χ1) is 16.2. The Balaban J connectivity index is 1.84. The Morgan fingerprint density at radius 1 is 0.971 bits per heavy atom. The van der Waals surface area contributed by atoms with Crippen molar-refractivity contribution in [2.45, 2.75) is 45.9 Å². The van der Waals surface area contributed by atoms with E-state index in [1.54, 1.807) is 38.3 Å². The summed E-state index contributed by atoms with van der Waals surface area (Å²) in [6, 6.07) is 7.22. The average molecular weight is 472 g/mol. The van der Waals surface area contributed by atoms with Crippen LogP contribution in [0.3, 0.4) is 0 Å². The fraction of sp³-hybridized carbons (Fsp3) is 0.417. The maximum atomic E-state index is 13.0. The topological polar surface area (TPSA) is 119 Å². The molecule has 3 aromatic rings. The van der Waals surface area contributed by atoms with Crippen LogP contribution in [0.1, 0.15) is 33.7 Å². The van der Waals surface area contributed by atoms with Crippen LogP contribution in [0.4, 0.5) is 0 Å². The summed E-state index contributed by atoms with van der Waals surface area (Å²) in [6.07, 6.45) is 0.182. The highest BCUT2D eigenvalue weighted by molar-refractivity contribution is 5.78. The summed E-state index contributed by atoms with van der Waals surface area (Å²) in [5.41, 5.74) is -0.994. The molecule has 1 unspecified atom stereocenters. The molecule has 0 N–H and O–H groups in total. The van der Waals surface area contributed by atoms with Crippen LogP contribution in [0.15, 0.2) is 50.5 Å². The molecule has 10 nitrogen and oxygen atoms in total. The van der Waals surface area contributed by atoms with E-state index in [1.807, 2.05) is 13.8 Å². The normalized spacial score (nSPS) is 13.9. The fourth-order valence-electron chi connectivity index (χ4n) is 3.56. The first-order valence-corrected chi connectivity index (χ1v) is 10.8. The van der Waals surface area contributed by atoms with E-state index >= 15 is 0 Å². The van der Waals surface area contributed by atoms with Gasteiger partial charge in [-0.2, -0.15) is 0 Å². The lowest BCUT2D eigenvalue weighted by Crippen LogP contribution is -2.43. The second kappa shape index (κ2) is 10.4. The zero-order valence-corrected chi connectivity index (χ0v) is 19.9. The van der Waals surface area contributed by atoms with Crippen LogP contribution in [0.5, 0.6) is 17.2 Å². The molecule has 0 aliphatic heterocycles. The van der Waals surface area contributed by atoms with Crippen LogP contribution in [-0.4, -0.2) is 41.9 Å². The Hall–Kier alpha value is -3.82. The van der Waals surface area contributed by atoms with Gasteiger partial charge < -0.3 is 23.4 Å². The third-order valence-electron chi connectivity index (χ3n) is 5.38. The number of rotatable bonds is 9. The van der Waals surface area contributed by atoms with E-state index in [2.05, 4.69) is 4.98 Å². The van der Waals surface area contributed by atoms with Gasteiger partial charge in [-0.25, -0.2) is 19.1 Å². The molecule has 0 saturated carbocycles. The van der Waals surface area contributed by atoms with E-state index in [-0.39, 0.29) is 22.8 Å². The number of hydrogen-bond acceptors (Lipinski definition) is 9. The lowest BCUT2D eigenvalue weighted by Gasteiger charge is -2.29. The summed E-state index contributed by atoms with van der Waals surface area (Å²) < 4.78 is 27.8. The first-order valence-electron chi connectivity index (χ1n) is 10.8. The van der Waals surface area contributed by atoms with Crippen molar-refractivity contribution in [1.82, 2.24) is 9.55 Å². The molecule has 34 heavy (non-hydrogen) atoms. The smallest absolute Gasteiger partial charge is 0.423 e. The highest BCUT2D eigenvalue weighted by atomic mass is 16.6. The molecule has 2 heterocycles. The summed E-state index contributed by atoms with van der Waals surface area (Å²) in [5.74, 6) is -0.453. The van der Waals surface area contributed by atoms with E-state index in [0.29, 0.717) is 16.1 Å². The molecular weight excluding hydrogens is 444 g/mol. The van der Waals surface area contributed by atoms with Crippen molar-refractivity contribution in [3.63, 3.8) is 0 Å². The summed E-state index contributed by atoms with van der Waals surface area (Å²) in [4.78, 5) is 42.5. The highest BCUT2D eigenvalue weighted by Crippen LogP contribution is 2.23. The Morgan fingerprint density at radius 3 is 2.21 bits per heavy atom. The second-order valence-corrected chi connectivity index (χ2v) is 8.05. The number of ether oxygens (including phenoxy) is 4. The van der Waals surface area contributed by atoms with E-state index in [1.165, 1.54) is 26.3 Å². The molecule has 0 aliphatic rings. The van der Waals surface area contributed by atoms with Crippen molar-refractivity contribution in [3.8, 4) is 17.2 Å². The molecule has 0 bridgehead atoms. The van der Waals surface area contributed by atoms with Crippen LogP contribution >= 0.6 is 0 Å². The molecule has 0 spiro atoms. The van der Waals surface area contributed by atoms with Crippen molar-refractivity contribution < 1.29 is 28.2 Å². The molecule has 1 aromatic carbocycles. The minimum atomic E-state index is -1.25. The van der Waals surface area contributed by atoms with Gasteiger partial charge in [0.25, 0.3) is 5.56 Å². The lowest BCUT2D eigenvalue weighted by molar-refractivity contribution is -0.160. The minimum Gasteiger partial charge on any atom is -0.497 e. The van der Waals surface area contributed by atoms with Crippen LogP contribution < -0.4 is 25.5 Å². The third kappa shape index (κ3) is 5.05. The van der Waals surface area contributed by atoms with Gasteiger partial charge in [-0.05, 0) is 44.0 Å². The molecule has 0 saturated heterocycles. The van der Waals surface area contributed by atoms with Crippen molar-refractivity contribution in [1.29, 1.82) is 0 Å². The van der Waals surface area contributed by atoms with Gasteiger partial charge in [0.05, 0.1) is 14.2 Å². The Labute approximate surface area is 196 Å². The highest BCUT2D eigenvalue weighted by Gasteiger charge is 2.31. The largest absolute Gasteiger partial charge is 0.497 e. The number of methoxy groups -OCH3 is 2. The van der Waals surface area contributed by atoms with Gasteiger partial charge in [-0.1, -0.05) is 13.8 Å². The Kier molecular flexibility index (Phi) is 7.60. The van der Waals surface area contributed by atoms with Crippen molar-refractivity contribution in [3.05, 3.63) is 57.4 Å². The maximum absolute atomic E-state index is 13.0. The van der Waals surface area contributed by atoms with Crippen LogP contribution in [0.25, 0.3) is 11.1 Å². The van der Waals surface area contributed by atoms with E-state index in [9.17, 15) is 14.4 Å². The molecule has 182 valence electrons. The van der Waals surface area contributed by atoms with Gasteiger partial charge in [0.15, 0.2) is 11.3 Å². The first kappa shape index (κ1) is 24.8. The molecule has 0 amide bonds. The number of carbonyl (C=O) groups excluding carboxylic acids is 1. The summed E-state index contributed by atoms with van der Waals surface area (Å²) >= 11 is 0. The quantitative estimate of drug-likeness (QED) is 0.433. The predicted molar refractivity (Wildman–Crippen MR) is 124 cm³/mol. The summed E-state index contributed by atoms with van der Waals surface area (Å²) in [6.45, 7) is 6.92.